The molecule has 1 saturated heterocycles. The minimum Gasteiger partial charge on any atom is -0.480 e. The zero-order chi connectivity index (χ0) is 19.6. The van der Waals surface area contributed by atoms with Crippen LogP contribution in [0.2, 0.25) is 5.02 Å². The van der Waals surface area contributed by atoms with E-state index in [1.165, 1.54) is 0 Å². The standard InChI is InChI=1S/C20H26ClNO5/c21-16-5-3-4-15(12-16)13-18(23)8-6-17-7-9-19(24)22(17)10-1-2-11-27-14-20(25)26/h3-6,8,12,17-18,23H,1-2,7,9-11,13-14H2,(H,25,26)/b8-6+/t17-,18+/m0/s1. The Labute approximate surface area is 164 Å². The second-order valence-electron chi connectivity index (χ2n) is 6.63. The smallest absolute Gasteiger partial charge is 0.329 e. The third-order valence-corrected chi connectivity index (χ3v) is 4.66. The number of hydrogen-bond acceptors (Lipinski definition) is 4. The molecule has 1 aliphatic heterocycles. The number of halogens is 1. The molecule has 1 aliphatic rings. The maximum absolute atomic E-state index is 12.1. The summed E-state index contributed by atoms with van der Waals surface area (Å²) < 4.78 is 5.00. The van der Waals surface area contributed by atoms with Gasteiger partial charge in [-0.2, -0.15) is 0 Å². The van der Waals surface area contributed by atoms with Crippen LogP contribution in [0.25, 0.3) is 0 Å². The number of aliphatic hydroxyl groups excluding tert-OH is 1. The summed E-state index contributed by atoms with van der Waals surface area (Å²) >= 11 is 5.96. The zero-order valence-corrected chi connectivity index (χ0v) is 16.0. The molecule has 1 heterocycles. The monoisotopic (exact) mass is 395 g/mol. The number of carboxylic acids is 1. The van der Waals surface area contributed by atoms with Crippen molar-refractivity contribution in [2.75, 3.05) is 19.8 Å². The van der Waals surface area contributed by atoms with Crippen molar-refractivity contribution in [2.45, 2.75) is 44.2 Å². The topological polar surface area (TPSA) is 87.1 Å². The minimum atomic E-state index is -0.980. The highest BCUT2D eigenvalue weighted by Crippen LogP contribution is 2.21. The molecule has 1 fully saturated rings. The molecule has 2 N–H and O–H groups in total. The van der Waals surface area contributed by atoms with Crippen molar-refractivity contribution in [3.8, 4) is 0 Å². The number of likely N-dealkylation sites (tertiary alicyclic amines) is 1. The predicted octanol–water partition coefficient (Wildman–Crippen LogP) is 2.67. The van der Waals surface area contributed by atoms with Crippen molar-refractivity contribution < 1.29 is 24.5 Å². The first-order valence-electron chi connectivity index (χ1n) is 9.15. The number of carbonyl (C=O) groups excluding carboxylic acids is 1. The lowest BCUT2D eigenvalue weighted by Gasteiger charge is -2.22. The van der Waals surface area contributed by atoms with Gasteiger partial charge in [0.15, 0.2) is 0 Å². The van der Waals surface area contributed by atoms with Gasteiger partial charge in [-0.3, -0.25) is 4.79 Å². The maximum Gasteiger partial charge on any atom is 0.329 e. The molecular formula is C20H26ClNO5. The normalized spacial score (nSPS) is 18.4. The van der Waals surface area contributed by atoms with Crippen molar-refractivity contribution >= 4 is 23.5 Å². The average molecular weight is 396 g/mol. The Morgan fingerprint density at radius 2 is 2.22 bits per heavy atom. The van der Waals surface area contributed by atoms with E-state index in [-0.39, 0.29) is 18.6 Å². The van der Waals surface area contributed by atoms with Crippen LogP contribution in [0.5, 0.6) is 0 Å². The van der Waals surface area contributed by atoms with Crippen molar-refractivity contribution in [2.24, 2.45) is 0 Å². The second-order valence-corrected chi connectivity index (χ2v) is 7.07. The number of carbonyl (C=O) groups is 2. The van der Waals surface area contributed by atoms with E-state index in [2.05, 4.69) is 0 Å². The van der Waals surface area contributed by atoms with E-state index < -0.39 is 12.1 Å². The number of ether oxygens (including phenoxy) is 1. The summed E-state index contributed by atoms with van der Waals surface area (Å²) in [5.41, 5.74) is 0.959. The molecule has 7 heteroatoms. The molecule has 1 amide bonds. The van der Waals surface area contributed by atoms with Crippen LogP contribution in [0.4, 0.5) is 0 Å². The molecule has 0 aliphatic carbocycles. The number of aliphatic carboxylic acids is 1. The van der Waals surface area contributed by atoms with Crippen LogP contribution in [-0.4, -0.2) is 58.9 Å². The first-order chi connectivity index (χ1) is 13.0. The quantitative estimate of drug-likeness (QED) is 0.444. The van der Waals surface area contributed by atoms with Crippen LogP contribution in [-0.2, 0) is 20.7 Å². The number of hydrogen-bond donors (Lipinski definition) is 2. The van der Waals surface area contributed by atoms with Crippen molar-refractivity contribution in [3.63, 3.8) is 0 Å². The summed E-state index contributed by atoms with van der Waals surface area (Å²) in [4.78, 5) is 24.3. The van der Waals surface area contributed by atoms with Gasteiger partial charge in [-0.25, -0.2) is 4.79 Å². The number of unbranched alkanes of at least 4 members (excludes halogenated alkanes) is 1. The summed E-state index contributed by atoms with van der Waals surface area (Å²) in [5, 5.41) is 19.4. The van der Waals surface area contributed by atoms with Crippen LogP contribution in [0.3, 0.4) is 0 Å². The second kappa shape index (κ2) is 11.1. The number of amides is 1. The van der Waals surface area contributed by atoms with E-state index in [0.29, 0.717) is 37.4 Å². The molecule has 2 atom stereocenters. The number of carboxylic acid groups (broad SMARTS) is 1. The summed E-state index contributed by atoms with van der Waals surface area (Å²) in [6, 6.07) is 7.39. The highest BCUT2D eigenvalue weighted by Gasteiger charge is 2.28. The van der Waals surface area contributed by atoms with Crippen LogP contribution in [0, 0.1) is 0 Å². The number of nitrogens with zero attached hydrogens (tertiary/aromatic N) is 1. The fourth-order valence-corrected chi connectivity index (χ4v) is 3.34. The molecule has 0 spiro atoms. The molecule has 0 bridgehead atoms. The number of aliphatic hydroxyl groups is 1. The van der Waals surface area contributed by atoms with E-state index in [1.807, 2.05) is 29.2 Å². The van der Waals surface area contributed by atoms with Crippen molar-refractivity contribution in [1.29, 1.82) is 0 Å². The van der Waals surface area contributed by atoms with Gasteiger partial charge in [0.1, 0.15) is 6.61 Å². The minimum absolute atomic E-state index is 0.00792. The largest absolute Gasteiger partial charge is 0.480 e. The third-order valence-electron chi connectivity index (χ3n) is 4.43. The van der Waals surface area contributed by atoms with E-state index >= 15 is 0 Å². The average Bonchev–Trinajstić information content (AvgIpc) is 2.96. The van der Waals surface area contributed by atoms with Gasteiger partial charge in [-0.1, -0.05) is 35.9 Å². The fraction of sp³-hybridized carbons (Fsp3) is 0.500. The molecule has 1 aromatic carbocycles. The Bertz CT molecular complexity index is 664. The molecule has 0 aromatic heterocycles. The summed E-state index contributed by atoms with van der Waals surface area (Å²) in [5.74, 6) is -0.869. The van der Waals surface area contributed by atoms with Gasteiger partial charge in [-0.05, 0) is 37.0 Å². The highest BCUT2D eigenvalue weighted by atomic mass is 35.5. The van der Waals surface area contributed by atoms with Crippen LogP contribution < -0.4 is 0 Å². The lowest BCUT2D eigenvalue weighted by atomic mass is 10.1. The molecule has 0 saturated carbocycles. The van der Waals surface area contributed by atoms with Gasteiger partial charge in [0.2, 0.25) is 5.91 Å². The Hall–Kier alpha value is -1.89. The van der Waals surface area contributed by atoms with Crippen molar-refractivity contribution in [3.05, 3.63) is 47.0 Å². The van der Waals surface area contributed by atoms with Gasteiger partial charge < -0.3 is 19.8 Å². The zero-order valence-electron chi connectivity index (χ0n) is 15.2. The van der Waals surface area contributed by atoms with E-state index in [0.717, 1.165) is 18.4 Å². The Morgan fingerprint density at radius 3 is 2.96 bits per heavy atom. The summed E-state index contributed by atoms with van der Waals surface area (Å²) in [7, 11) is 0. The van der Waals surface area contributed by atoms with Gasteiger partial charge in [0.05, 0.1) is 12.1 Å². The Kier molecular flexibility index (Phi) is 8.78. The molecule has 27 heavy (non-hydrogen) atoms. The van der Waals surface area contributed by atoms with E-state index in [9.17, 15) is 14.7 Å². The lowest BCUT2D eigenvalue weighted by Crippen LogP contribution is -2.33. The first kappa shape index (κ1) is 21.4. The molecule has 148 valence electrons. The number of benzene rings is 1. The molecule has 0 unspecified atom stereocenters. The van der Waals surface area contributed by atoms with Crippen LogP contribution >= 0.6 is 11.6 Å². The van der Waals surface area contributed by atoms with E-state index in [4.69, 9.17) is 21.4 Å². The fourth-order valence-electron chi connectivity index (χ4n) is 3.12. The van der Waals surface area contributed by atoms with Gasteiger partial charge in [-0.15, -0.1) is 0 Å². The highest BCUT2D eigenvalue weighted by molar-refractivity contribution is 6.30. The van der Waals surface area contributed by atoms with Crippen LogP contribution in [0.15, 0.2) is 36.4 Å². The van der Waals surface area contributed by atoms with Crippen LogP contribution in [0.1, 0.15) is 31.2 Å². The van der Waals surface area contributed by atoms with Gasteiger partial charge in [0.25, 0.3) is 0 Å². The molecule has 0 radical (unpaired) electrons. The SMILES string of the molecule is O=C(O)COCCCCN1C(=O)CC[C@@H]1/C=C/[C@@H](O)Cc1cccc(Cl)c1. The molecular weight excluding hydrogens is 370 g/mol. The molecule has 6 nitrogen and oxygen atoms in total. The Morgan fingerprint density at radius 1 is 1.41 bits per heavy atom. The first-order valence-corrected chi connectivity index (χ1v) is 9.53. The molecule has 1 aromatic rings. The van der Waals surface area contributed by atoms with Gasteiger partial charge >= 0.3 is 5.97 Å². The number of rotatable bonds is 11. The van der Waals surface area contributed by atoms with Gasteiger partial charge in [0, 0.05) is 31.0 Å². The molecule has 2 rings (SSSR count). The van der Waals surface area contributed by atoms with E-state index in [1.54, 1.807) is 12.1 Å². The maximum atomic E-state index is 12.1. The lowest BCUT2D eigenvalue weighted by molar-refractivity contribution is -0.142. The third kappa shape index (κ3) is 7.71. The summed E-state index contributed by atoms with van der Waals surface area (Å²) in [6.07, 6.45) is 6.19. The summed E-state index contributed by atoms with van der Waals surface area (Å²) in [6.45, 7) is 0.681. The Balaban J connectivity index is 1.77. The predicted molar refractivity (Wildman–Crippen MR) is 103 cm³/mol. The van der Waals surface area contributed by atoms with Crippen molar-refractivity contribution in [1.82, 2.24) is 4.90 Å².